The van der Waals surface area contributed by atoms with Crippen LogP contribution in [0.4, 0.5) is 19.3 Å². The monoisotopic (exact) mass is 471 g/mol. The predicted molar refractivity (Wildman–Crippen MR) is 119 cm³/mol. The fourth-order valence-electron chi connectivity index (χ4n) is 4.43. The molecule has 1 amide bonds. The molecule has 9 nitrogen and oxygen atoms in total. The normalized spacial score (nSPS) is 14.2. The van der Waals surface area contributed by atoms with Crippen molar-refractivity contribution in [2.75, 3.05) is 4.90 Å². The van der Waals surface area contributed by atoms with Crippen LogP contribution in [-0.4, -0.2) is 42.9 Å². The van der Waals surface area contributed by atoms with Gasteiger partial charge in [0.15, 0.2) is 11.6 Å². The summed E-state index contributed by atoms with van der Waals surface area (Å²) in [5.74, 6) is -3.22. The summed E-state index contributed by atoms with van der Waals surface area (Å²) in [4.78, 5) is 39.7. The van der Waals surface area contributed by atoms with E-state index in [1.165, 1.54) is 11.0 Å². The summed E-state index contributed by atoms with van der Waals surface area (Å²) in [5, 5.41) is 16.7. The number of benzene rings is 2. The Kier molecular flexibility index (Phi) is 6.27. The minimum Gasteiger partial charge on any atom is -0.478 e. The Labute approximate surface area is 193 Å². The Balaban J connectivity index is 1.84. The molecule has 1 aliphatic rings. The zero-order chi connectivity index (χ0) is 24.6. The van der Waals surface area contributed by atoms with Gasteiger partial charge in [0.05, 0.1) is 5.56 Å². The number of anilines is 1. The van der Waals surface area contributed by atoms with Crippen molar-refractivity contribution in [2.24, 2.45) is 0 Å². The molecule has 0 spiro atoms. The van der Waals surface area contributed by atoms with E-state index in [0.29, 0.717) is 39.0 Å². The molecule has 1 fully saturated rings. The van der Waals surface area contributed by atoms with Crippen LogP contribution in [0.25, 0.3) is 5.69 Å². The molecule has 11 heteroatoms. The van der Waals surface area contributed by atoms with Gasteiger partial charge in [-0.3, -0.25) is 4.90 Å². The van der Waals surface area contributed by atoms with Gasteiger partial charge in [0.2, 0.25) is 0 Å². The molecular weight excluding hydrogens is 448 g/mol. The van der Waals surface area contributed by atoms with E-state index in [4.69, 9.17) is 0 Å². The highest BCUT2D eigenvalue weighted by atomic mass is 19.1. The Hall–Kier alpha value is -3.89. The van der Waals surface area contributed by atoms with E-state index < -0.39 is 35.0 Å². The van der Waals surface area contributed by atoms with E-state index in [1.54, 1.807) is 19.9 Å². The number of carbonyl (C=O) groups is 2. The second-order valence-electron chi connectivity index (χ2n) is 8.36. The van der Waals surface area contributed by atoms with Crippen LogP contribution in [-0.2, 0) is 0 Å². The first-order valence-corrected chi connectivity index (χ1v) is 10.9. The van der Waals surface area contributed by atoms with Gasteiger partial charge < -0.3 is 5.11 Å². The third kappa shape index (κ3) is 4.09. The van der Waals surface area contributed by atoms with Gasteiger partial charge in [0.25, 0.3) is 0 Å². The molecule has 1 saturated carbocycles. The summed E-state index contributed by atoms with van der Waals surface area (Å²) < 4.78 is 29.3. The largest absolute Gasteiger partial charge is 0.478 e. The van der Waals surface area contributed by atoms with Crippen molar-refractivity contribution in [1.82, 2.24) is 19.8 Å². The van der Waals surface area contributed by atoms with E-state index in [0.717, 1.165) is 37.5 Å². The number of hydrogen-bond donors (Lipinski definition) is 1. The maximum atomic E-state index is 14.2. The molecule has 2 aromatic carbocycles. The number of hydrogen-bond acceptors (Lipinski definition) is 5. The van der Waals surface area contributed by atoms with Crippen LogP contribution in [0.3, 0.4) is 0 Å². The molecule has 0 atom stereocenters. The SMILES string of the molecule is Cc1cc(C)c(N(C(=O)n2nnn(-c3c(F)cccc3F)c2=O)C2CCCCC2)cc1C(=O)O. The highest BCUT2D eigenvalue weighted by Crippen LogP contribution is 2.32. The Bertz CT molecular complexity index is 1310. The number of carboxylic acids is 1. The number of amides is 1. The van der Waals surface area contributed by atoms with Gasteiger partial charge in [-0.15, -0.1) is 4.68 Å². The first-order chi connectivity index (χ1) is 16.2. The molecule has 3 aromatic rings. The third-order valence-corrected chi connectivity index (χ3v) is 6.09. The van der Waals surface area contributed by atoms with Gasteiger partial charge in [-0.2, -0.15) is 4.68 Å². The smallest absolute Gasteiger partial charge is 0.377 e. The van der Waals surface area contributed by atoms with Crippen molar-refractivity contribution < 1.29 is 23.5 Å². The van der Waals surface area contributed by atoms with Gasteiger partial charge in [-0.05, 0) is 66.4 Å². The number of aromatic nitrogens is 4. The zero-order valence-corrected chi connectivity index (χ0v) is 18.7. The van der Waals surface area contributed by atoms with E-state index in [-0.39, 0.29) is 11.6 Å². The highest BCUT2D eigenvalue weighted by molar-refractivity contribution is 5.97. The summed E-state index contributed by atoms with van der Waals surface area (Å²) in [6.07, 6.45) is 3.99. The molecule has 0 saturated heterocycles. The quantitative estimate of drug-likeness (QED) is 0.579. The van der Waals surface area contributed by atoms with Gasteiger partial charge >= 0.3 is 17.7 Å². The number of halogens is 2. The minimum absolute atomic E-state index is 0.0265. The number of aromatic carboxylic acids is 1. The number of nitrogens with zero attached hydrogens (tertiary/aromatic N) is 5. The van der Waals surface area contributed by atoms with Crippen LogP contribution in [0.2, 0.25) is 0 Å². The molecule has 4 rings (SSSR count). The molecule has 1 aromatic heterocycles. The number of para-hydroxylation sites is 1. The molecule has 0 unspecified atom stereocenters. The van der Waals surface area contributed by atoms with Gasteiger partial charge in [-0.25, -0.2) is 23.2 Å². The number of tetrazole rings is 1. The average Bonchev–Trinajstić information content (AvgIpc) is 3.16. The van der Waals surface area contributed by atoms with Crippen molar-refractivity contribution in [3.05, 3.63) is 69.1 Å². The summed E-state index contributed by atoms with van der Waals surface area (Å²) in [7, 11) is 0. The zero-order valence-electron chi connectivity index (χ0n) is 18.7. The highest BCUT2D eigenvalue weighted by Gasteiger charge is 2.32. The first-order valence-electron chi connectivity index (χ1n) is 10.9. The van der Waals surface area contributed by atoms with Crippen LogP contribution in [0.15, 0.2) is 35.1 Å². The summed E-state index contributed by atoms with van der Waals surface area (Å²) in [5.41, 5.74) is -0.351. The standard InChI is InChI=1S/C23H23F2N5O4/c1-13-11-14(2)19(12-16(13)21(31)32)28(15-7-4-3-5-8-15)22(33)30-23(34)29(26-27-30)20-17(24)9-6-10-18(20)25/h6,9-12,15H,3-5,7-8H2,1-2H3,(H,31,32). The number of aryl methyl sites for hydroxylation is 2. The van der Waals surface area contributed by atoms with Gasteiger partial charge in [-0.1, -0.05) is 31.4 Å². The Morgan fingerprint density at radius 2 is 1.68 bits per heavy atom. The molecule has 1 N–H and O–H groups in total. The van der Waals surface area contributed by atoms with E-state index in [9.17, 15) is 28.3 Å². The van der Waals surface area contributed by atoms with Crippen molar-refractivity contribution in [3.63, 3.8) is 0 Å². The fraction of sp³-hybridized carbons (Fsp3) is 0.348. The second-order valence-corrected chi connectivity index (χ2v) is 8.36. The van der Waals surface area contributed by atoms with Crippen LogP contribution in [0.5, 0.6) is 0 Å². The van der Waals surface area contributed by atoms with Crippen LogP contribution < -0.4 is 10.6 Å². The lowest BCUT2D eigenvalue weighted by molar-refractivity contribution is 0.0696. The topological polar surface area (TPSA) is 110 Å². The lowest BCUT2D eigenvalue weighted by atomic mass is 9.93. The van der Waals surface area contributed by atoms with Crippen molar-refractivity contribution >= 4 is 17.7 Å². The lowest BCUT2D eigenvalue weighted by Gasteiger charge is -2.34. The van der Waals surface area contributed by atoms with Crippen molar-refractivity contribution in [2.45, 2.75) is 52.0 Å². The van der Waals surface area contributed by atoms with Gasteiger partial charge in [0.1, 0.15) is 5.69 Å². The summed E-state index contributed by atoms with van der Waals surface area (Å²) in [6.45, 7) is 3.40. The van der Waals surface area contributed by atoms with Crippen molar-refractivity contribution in [1.29, 1.82) is 0 Å². The van der Waals surface area contributed by atoms with Crippen LogP contribution in [0.1, 0.15) is 53.6 Å². The van der Waals surface area contributed by atoms with Crippen molar-refractivity contribution in [3.8, 4) is 5.69 Å². The van der Waals surface area contributed by atoms with Crippen LogP contribution in [0, 0.1) is 25.5 Å². The molecular formula is C23H23F2N5O4. The third-order valence-electron chi connectivity index (χ3n) is 6.09. The first kappa shape index (κ1) is 23.3. The Morgan fingerprint density at radius 3 is 2.29 bits per heavy atom. The molecule has 178 valence electrons. The molecule has 34 heavy (non-hydrogen) atoms. The van der Waals surface area contributed by atoms with E-state index in [2.05, 4.69) is 10.4 Å². The summed E-state index contributed by atoms with van der Waals surface area (Å²) in [6, 6.07) is 4.95. The minimum atomic E-state index is -1.15. The molecule has 0 bridgehead atoms. The molecule has 0 radical (unpaired) electrons. The van der Waals surface area contributed by atoms with E-state index >= 15 is 0 Å². The maximum absolute atomic E-state index is 14.2. The summed E-state index contributed by atoms with van der Waals surface area (Å²) >= 11 is 0. The number of rotatable bonds is 4. The lowest BCUT2D eigenvalue weighted by Crippen LogP contribution is -2.47. The number of carbonyl (C=O) groups excluding carboxylic acids is 1. The molecule has 1 aliphatic carbocycles. The van der Waals surface area contributed by atoms with Crippen LogP contribution >= 0.6 is 0 Å². The fourth-order valence-corrected chi connectivity index (χ4v) is 4.43. The average molecular weight is 471 g/mol. The predicted octanol–water partition coefficient (Wildman–Crippen LogP) is 3.83. The second kappa shape index (κ2) is 9.16. The van der Waals surface area contributed by atoms with Gasteiger partial charge in [0, 0.05) is 11.7 Å². The molecule has 0 aliphatic heterocycles. The Morgan fingerprint density at radius 1 is 1.03 bits per heavy atom. The number of carboxylic acid groups (broad SMARTS) is 1. The van der Waals surface area contributed by atoms with E-state index in [1.807, 2.05) is 0 Å². The molecule has 1 heterocycles. The maximum Gasteiger partial charge on any atom is 0.377 e.